The Kier molecular flexibility index (Phi) is 5.47. The van der Waals surface area contributed by atoms with E-state index in [1.807, 2.05) is 6.92 Å². The van der Waals surface area contributed by atoms with Gasteiger partial charge in [0.25, 0.3) is 0 Å². The third kappa shape index (κ3) is 4.96. The molecule has 0 aliphatic heterocycles. The van der Waals surface area contributed by atoms with E-state index in [0.29, 0.717) is 12.4 Å². The molecule has 102 valence electrons. The monoisotopic (exact) mass is 262 g/mol. The van der Waals surface area contributed by atoms with Crippen LogP contribution < -0.4 is 4.74 Å². The Bertz CT molecular complexity index is 363. The molecule has 0 saturated carbocycles. The lowest BCUT2D eigenvalue weighted by atomic mass is 10.1. The van der Waals surface area contributed by atoms with Crippen LogP contribution in [0.15, 0.2) is 24.3 Å². The molecule has 0 bridgehead atoms. The van der Waals surface area contributed by atoms with Crippen LogP contribution in [0.1, 0.15) is 37.9 Å². The Morgan fingerprint density at radius 1 is 1.28 bits per heavy atom. The van der Waals surface area contributed by atoms with Gasteiger partial charge in [0, 0.05) is 5.56 Å². The molecule has 0 amide bonds. The van der Waals surface area contributed by atoms with E-state index in [9.17, 15) is 18.3 Å². The molecule has 0 aliphatic rings. The summed E-state index contributed by atoms with van der Waals surface area (Å²) in [5.41, 5.74) is 0.186. The summed E-state index contributed by atoms with van der Waals surface area (Å²) in [4.78, 5) is 0. The average molecular weight is 262 g/mol. The highest BCUT2D eigenvalue weighted by Crippen LogP contribution is 2.33. The first-order chi connectivity index (χ1) is 8.44. The Labute approximate surface area is 104 Å². The van der Waals surface area contributed by atoms with Crippen molar-refractivity contribution in [1.82, 2.24) is 0 Å². The van der Waals surface area contributed by atoms with Gasteiger partial charge in [-0.3, -0.25) is 0 Å². The number of para-hydroxylation sites is 1. The fraction of sp³-hybridized carbons (Fsp3) is 0.538. The van der Waals surface area contributed by atoms with Gasteiger partial charge in [0.2, 0.25) is 0 Å². The first-order valence-electron chi connectivity index (χ1n) is 5.90. The van der Waals surface area contributed by atoms with Gasteiger partial charge in [-0.1, -0.05) is 31.5 Å². The highest BCUT2D eigenvalue weighted by atomic mass is 19.4. The zero-order valence-corrected chi connectivity index (χ0v) is 10.2. The molecule has 1 aromatic carbocycles. The number of aliphatic hydroxyl groups excluding tert-OH is 1. The lowest BCUT2D eigenvalue weighted by Gasteiger charge is -2.17. The van der Waals surface area contributed by atoms with Crippen molar-refractivity contribution in [2.45, 2.75) is 38.5 Å². The minimum absolute atomic E-state index is 0.186. The number of unbranched alkanes of at least 4 members (excludes halogenated alkanes) is 1. The second kappa shape index (κ2) is 6.64. The van der Waals surface area contributed by atoms with Crippen molar-refractivity contribution in [1.29, 1.82) is 0 Å². The van der Waals surface area contributed by atoms with Crippen LogP contribution in [0, 0.1) is 0 Å². The minimum Gasteiger partial charge on any atom is -0.493 e. The molecular weight excluding hydrogens is 245 g/mol. The lowest BCUT2D eigenvalue weighted by molar-refractivity contribution is -0.154. The summed E-state index contributed by atoms with van der Waals surface area (Å²) in [5.74, 6) is 0.322. The smallest absolute Gasteiger partial charge is 0.391 e. The molecular formula is C13H17F3O2. The van der Waals surface area contributed by atoms with Crippen molar-refractivity contribution in [3.63, 3.8) is 0 Å². The van der Waals surface area contributed by atoms with Gasteiger partial charge in [-0.05, 0) is 12.5 Å². The summed E-state index contributed by atoms with van der Waals surface area (Å²) < 4.78 is 42.1. The fourth-order valence-electron chi connectivity index (χ4n) is 1.54. The molecule has 0 radical (unpaired) electrons. The quantitative estimate of drug-likeness (QED) is 0.789. The number of aliphatic hydroxyl groups is 1. The number of hydrogen-bond acceptors (Lipinski definition) is 2. The van der Waals surface area contributed by atoms with Crippen molar-refractivity contribution >= 4 is 0 Å². The molecule has 18 heavy (non-hydrogen) atoms. The molecule has 1 atom stereocenters. The third-order valence-electron chi connectivity index (χ3n) is 2.46. The highest BCUT2D eigenvalue weighted by Gasteiger charge is 2.32. The van der Waals surface area contributed by atoms with Crippen LogP contribution in [0.5, 0.6) is 5.75 Å². The first-order valence-corrected chi connectivity index (χ1v) is 5.90. The number of hydrogen-bond donors (Lipinski definition) is 1. The molecule has 0 fully saturated rings. The van der Waals surface area contributed by atoms with Crippen LogP contribution in [0.3, 0.4) is 0 Å². The Morgan fingerprint density at radius 2 is 1.94 bits per heavy atom. The van der Waals surface area contributed by atoms with E-state index < -0.39 is 18.7 Å². The summed E-state index contributed by atoms with van der Waals surface area (Å²) in [5, 5.41) is 9.59. The maximum atomic E-state index is 12.2. The van der Waals surface area contributed by atoms with Crippen LogP contribution >= 0.6 is 0 Å². The molecule has 0 heterocycles. The number of halogens is 3. The minimum atomic E-state index is -4.39. The molecule has 1 rings (SSSR count). The van der Waals surface area contributed by atoms with E-state index in [1.165, 1.54) is 6.07 Å². The normalized spacial score (nSPS) is 13.4. The van der Waals surface area contributed by atoms with Crippen LogP contribution in [0.2, 0.25) is 0 Å². The largest absolute Gasteiger partial charge is 0.493 e. The van der Waals surface area contributed by atoms with E-state index in [-0.39, 0.29) is 5.56 Å². The molecule has 0 spiro atoms. The molecule has 5 heteroatoms. The Hall–Kier alpha value is -1.23. The number of ether oxygens (including phenoxy) is 1. The summed E-state index contributed by atoms with van der Waals surface area (Å²) in [7, 11) is 0. The molecule has 0 aromatic heterocycles. The number of alkyl halides is 3. The summed E-state index contributed by atoms with van der Waals surface area (Å²) in [6.07, 6.45) is -5.48. The summed E-state index contributed by atoms with van der Waals surface area (Å²) >= 11 is 0. The van der Waals surface area contributed by atoms with Crippen LogP contribution in [0.4, 0.5) is 13.2 Å². The van der Waals surface area contributed by atoms with E-state index in [4.69, 9.17) is 4.74 Å². The van der Waals surface area contributed by atoms with Crippen LogP contribution in [0.25, 0.3) is 0 Å². The van der Waals surface area contributed by atoms with Gasteiger partial charge >= 0.3 is 6.18 Å². The van der Waals surface area contributed by atoms with Gasteiger partial charge in [0.15, 0.2) is 0 Å². The fourth-order valence-corrected chi connectivity index (χ4v) is 1.54. The van der Waals surface area contributed by atoms with E-state index >= 15 is 0 Å². The lowest BCUT2D eigenvalue weighted by Crippen LogP contribution is -2.14. The molecule has 1 N–H and O–H groups in total. The molecule has 0 saturated heterocycles. The van der Waals surface area contributed by atoms with Gasteiger partial charge in [0.1, 0.15) is 5.75 Å². The zero-order valence-electron chi connectivity index (χ0n) is 10.2. The maximum absolute atomic E-state index is 12.2. The number of benzene rings is 1. The SMILES string of the molecule is CCCCOc1ccccc1C(O)CC(F)(F)F. The van der Waals surface area contributed by atoms with Gasteiger partial charge in [0.05, 0.1) is 19.1 Å². The number of rotatable bonds is 6. The average Bonchev–Trinajstić information content (AvgIpc) is 2.27. The second-order valence-corrected chi connectivity index (χ2v) is 4.07. The predicted octanol–water partition coefficient (Wildman–Crippen LogP) is 3.85. The topological polar surface area (TPSA) is 29.5 Å². The second-order valence-electron chi connectivity index (χ2n) is 4.07. The highest BCUT2D eigenvalue weighted by molar-refractivity contribution is 5.35. The maximum Gasteiger partial charge on any atom is 0.391 e. The molecule has 2 nitrogen and oxygen atoms in total. The van der Waals surface area contributed by atoms with E-state index in [0.717, 1.165) is 12.8 Å². The van der Waals surface area contributed by atoms with Crippen molar-refractivity contribution < 1.29 is 23.0 Å². The van der Waals surface area contributed by atoms with E-state index in [1.54, 1.807) is 18.2 Å². The first kappa shape index (κ1) is 14.8. The third-order valence-corrected chi connectivity index (χ3v) is 2.46. The van der Waals surface area contributed by atoms with Crippen molar-refractivity contribution in [3.05, 3.63) is 29.8 Å². The van der Waals surface area contributed by atoms with Crippen molar-refractivity contribution in [2.24, 2.45) is 0 Å². The van der Waals surface area contributed by atoms with Gasteiger partial charge in [-0.15, -0.1) is 0 Å². The van der Waals surface area contributed by atoms with Crippen molar-refractivity contribution in [3.8, 4) is 5.75 Å². The predicted molar refractivity (Wildman–Crippen MR) is 62.5 cm³/mol. The Morgan fingerprint density at radius 3 is 2.56 bits per heavy atom. The Balaban J connectivity index is 2.74. The molecule has 1 aromatic rings. The zero-order chi connectivity index (χ0) is 13.6. The van der Waals surface area contributed by atoms with Gasteiger partial charge < -0.3 is 9.84 Å². The molecule has 1 unspecified atom stereocenters. The standard InChI is InChI=1S/C13H17F3O2/c1-2-3-8-18-12-7-5-4-6-10(12)11(17)9-13(14,15)16/h4-7,11,17H,2-3,8-9H2,1H3. The van der Waals surface area contributed by atoms with Gasteiger partial charge in [-0.25, -0.2) is 0 Å². The summed E-state index contributed by atoms with van der Waals surface area (Å²) in [6.45, 7) is 2.43. The van der Waals surface area contributed by atoms with Gasteiger partial charge in [-0.2, -0.15) is 13.2 Å². The van der Waals surface area contributed by atoms with Crippen LogP contribution in [-0.4, -0.2) is 17.9 Å². The van der Waals surface area contributed by atoms with Crippen LogP contribution in [-0.2, 0) is 0 Å². The molecule has 0 aliphatic carbocycles. The summed E-state index contributed by atoms with van der Waals surface area (Å²) in [6, 6.07) is 6.29. The van der Waals surface area contributed by atoms with Crippen molar-refractivity contribution in [2.75, 3.05) is 6.61 Å². The van der Waals surface area contributed by atoms with E-state index in [2.05, 4.69) is 0 Å².